The Morgan fingerprint density at radius 1 is 1.44 bits per heavy atom. The Bertz CT molecular complexity index is 342. The van der Waals surface area contributed by atoms with Crippen LogP contribution in [0.1, 0.15) is 29.8 Å². The molecule has 1 aromatic heterocycles. The summed E-state index contributed by atoms with van der Waals surface area (Å²) in [5.41, 5.74) is 6.27. The van der Waals surface area contributed by atoms with Crippen molar-refractivity contribution in [1.82, 2.24) is 10.3 Å². The Balaban J connectivity index is 2.33. The second-order valence-corrected chi connectivity index (χ2v) is 3.48. The average molecular weight is 223 g/mol. The molecule has 0 fully saturated rings. The number of aromatic nitrogens is 1. The predicted molar refractivity (Wildman–Crippen MR) is 61.9 cm³/mol. The van der Waals surface area contributed by atoms with Crippen molar-refractivity contribution < 1.29 is 9.90 Å². The number of hydrogen-bond donors (Lipinski definition) is 3. The molecule has 16 heavy (non-hydrogen) atoms. The van der Waals surface area contributed by atoms with Gasteiger partial charge in [0, 0.05) is 19.3 Å². The summed E-state index contributed by atoms with van der Waals surface area (Å²) in [6, 6.07) is 3.33. The number of carbonyl (C=O) groups is 1. The molecule has 88 valence electrons. The number of aliphatic hydroxyl groups excluding tert-OH is 1. The van der Waals surface area contributed by atoms with E-state index in [1.54, 1.807) is 12.1 Å². The maximum Gasteiger partial charge on any atom is 0.272 e. The van der Waals surface area contributed by atoms with Crippen LogP contribution in [-0.2, 0) is 0 Å². The number of unbranched alkanes of at least 4 members (excludes halogenated alkanes) is 2. The third kappa shape index (κ3) is 3.86. The monoisotopic (exact) mass is 223 g/mol. The van der Waals surface area contributed by atoms with E-state index in [0.717, 1.165) is 19.3 Å². The van der Waals surface area contributed by atoms with E-state index in [1.165, 1.54) is 6.20 Å². The van der Waals surface area contributed by atoms with Crippen LogP contribution in [0.2, 0.25) is 0 Å². The number of anilines is 1. The first-order valence-corrected chi connectivity index (χ1v) is 5.35. The number of nitrogens with zero attached hydrogens (tertiary/aromatic N) is 1. The van der Waals surface area contributed by atoms with Gasteiger partial charge in [-0.25, -0.2) is 4.98 Å². The summed E-state index contributed by atoms with van der Waals surface area (Å²) in [7, 11) is 0. The molecule has 0 saturated carbocycles. The summed E-state index contributed by atoms with van der Waals surface area (Å²) in [6.45, 7) is 0.774. The molecule has 0 atom stereocenters. The maximum absolute atomic E-state index is 11.6. The molecular formula is C11H17N3O2. The second-order valence-electron chi connectivity index (χ2n) is 3.48. The fourth-order valence-electron chi connectivity index (χ4n) is 1.31. The maximum atomic E-state index is 11.6. The Hall–Kier alpha value is -1.62. The number of pyridine rings is 1. The molecule has 0 radical (unpaired) electrons. The molecule has 1 rings (SSSR count). The summed E-state index contributed by atoms with van der Waals surface area (Å²) in [6.07, 6.45) is 4.05. The van der Waals surface area contributed by atoms with Gasteiger partial charge in [0.15, 0.2) is 5.69 Å². The van der Waals surface area contributed by atoms with Gasteiger partial charge in [-0.3, -0.25) is 4.79 Å². The SMILES string of the molecule is Nc1cccnc1C(=O)NCCCCCO. The zero-order valence-electron chi connectivity index (χ0n) is 9.15. The highest BCUT2D eigenvalue weighted by Gasteiger charge is 2.09. The first-order chi connectivity index (χ1) is 7.75. The normalized spacial score (nSPS) is 10.1. The highest BCUT2D eigenvalue weighted by molar-refractivity contribution is 5.96. The minimum atomic E-state index is -0.248. The molecule has 0 aliphatic rings. The van der Waals surface area contributed by atoms with Gasteiger partial charge in [0.05, 0.1) is 5.69 Å². The molecule has 4 N–H and O–H groups in total. The van der Waals surface area contributed by atoms with Crippen LogP contribution in [0.25, 0.3) is 0 Å². The van der Waals surface area contributed by atoms with E-state index in [1.807, 2.05) is 0 Å². The van der Waals surface area contributed by atoms with Gasteiger partial charge in [0.25, 0.3) is 5.91 Å². The quantitative estimate of drug-likeness (QED) is 0.615. The minimum absolute atomic E-state index is 0.196. The Labute approximate surface area is 94.7 Å². The van der Waals surface area contributed by atoms with E-state index in [0.29, 0.717) is 12.2 Å². The third-order valence-corrected chi connectivity index (χ3v) is 2.17. The molecular weight excluding hydrogens is 206 g/mol. The van der Waals surface area contributed by atoms with Crippen LogP contribution in [0.3, 0.4) is 0 Å². The van der Waals surface area contributed by atoms with Crippen LogP contribution in [0.5, 0.6) is 0 Å². The van der Waals surface area contributed by atoms with Crippen LogP contribution < -0.4 is 11.1 Å². The van der Waals surface area contributed by atoms with Gasteiger partial charge in [0.2, 0.25) is 0 Å². The third-order valence-electron chi connectivity index (χ3n) is 2.17. The summed E-state index contributed by atoms with van der Waals surface area (Å²) >= 11 is 0. The largest absolute Gasteiger partial charge is 0.397 e. The molecule has 1 aromatic rings. The van der Waals surface area contributed by atoms with E-state index < -0.39 is 0 Å². The Morgan fingerprint density at radius 2 is 2.25 bits per heavy atom. The van der Waals surface area contributed by atoms with E-state index >= 15 is 0 Å². The van der Waals surface area contributed by atoms with Gasteiger partial charge < -0.3 is 16.2 Å². The van der Waals surface area contributed by atoms with Crippen molar-refractivity contribution in [2.24, 2.45) is 0 Å². The zero-order chi connectivity index (χ0) is 11.8. The van der Waals surface area contributed by atoms with E-state index in [4.69, 9.17) is 10.8 Å². The van der Waals surface area contributed by atoms with Crippen molar-refractivity contribution >= 4 is 11.6 Å². The number of nitrogens with two attached hydrogens (primary N) is 1. The standard InChI is InChI=1S/C11H17N3O2/c12-9-5-4-7-13-10(9)11(16)14-6-2-1-3-8-15/h4-5,7,15H,1-3,6,8,12H2,(H,14,16). The van der Waals surface area contributed by atoms with Crippen LogP contribution in [-0.4, -0.2) is 29.1 Å². The average Bonchev–Trinajstić information content (AvgIpc) is 2.29. The van der Waals surface area contributed by atoms with Gasteiger partial charge in [-0.2, -0.15) is 0 Å². The Morgan fingerprint density at radius 3 is 2.94 bits per heavy atom. The van der Waals surface area contributed by atoms with Crippen molar-refractivity contribution in [2.45, 2.75) is 19.3 Å². The molecule has 0 bridgehead atoms. The van der Waals surface area contributed by atoms with Crippen molar-refractivity contribution in [3.63, 3.8) is 0 Å². The first kappa shape index (κ1) is 12.4. The molecule has 0 aromatic carbocycles. The topological polar surface area (TPSA) is 88.2 Å². The van der Waals surface area contributed by atoms with E-state index in [9.17, 15) is 4.79 Å². The van der Waals surface area contributed by atoms with E-state index in [2.05, 4.69) is 10.3 Å². The lowest BCUT2D eigenvalue weighted by Crippen LogP contribution is -2.26. The smallest absolute Gasteiger partial charge is 0.272 e. The number of carbonyl (C=O) groups excluding carboxylic acids is 1. The van der Waals surface area contributed by atoms with Crippen LogP contribution >= 0.6 is 0 Å². The van der Waals surface area contributed by atoms with Gasteiger partial charge >= 0.3 is 0 Å². The molecule has 5 heteroatoms. The minimum Gasteiger partial charge on any atom is -0.397 e. The van der Waals surface area contributed by atoms with Crippen LogP contribution in [0.4, 0.5) is 5.69 Å². The predicted octanol–water partition coefficient (Wildman–Crippen LogP) is 0.556. The van der Waals surface area contributed by atoms with Gasteiger partial charge in [0.1, 0.15) is 0 Å². The lowest BCUT2D eigenvalue weighted by Gasteiger charge is -2.05. The molecule has 1 amide bonds. The zero-order valence-corrected chi connectivity index (χ0v) is 9.15. The Kier molecular flexibility index (Phi) is 5.28. The number of hydrogen-bond acceptors (Lipinski definition) is 4. The highest BCUT2D eigenvalue weighted by atomic mass is 16.2. The fraction of sp³-hybridized carbons (Fsp3) is 0.455. The summed E-state index contributed by atoms with van der Waals surface area (Å²) < 4.78 is 0. The molecule has 0 aliphatic heterocycles. The molecule has 0 spiro atoms. The van der Waals surface area contributed by atoms with E-state index in [-0.39, 0.29) is 18.2 Å². The fourth-order valence-corrected chi connectivity index (χ4v) is 1.31. The van der Waals surface area contributed by atoms with Crippen molar-refractivity contribution in [3.05, 3.63) is 24.0 Å². The van der Waals surface area contributed by atoms with Crippen molar-refractivity contribution in [1.29, 1.82) is 0 Å². The second kappa shape index (κ2) is 6.79. The summed E-state index contributed by atoms with van der Waals surface area (Å²) in [5, 5.41) is 11.3. The molecule has 5 nitrogen and oxygen atoms in total. The lowest BCUT2D eigenvalue weighted by atomic mass is 10.2. The number of nitrogens with one attached hydrogen (secondary N) is 1. The molecule has 1 heterocycles. The van der Waals surface area contributed by atoms with Crippen molar-refractivity contribution in [2.75, 3.05) is 18.9 Å². The highest BCUT2D eigenvalue weighted by Crippen LogP contribution is 2.06. The number of amides is 1. The molecule has 0 aliphatic carbocycles. The van der Waals surface area contributed by atoms with Crippen LogP contribution in [0, 0.1) is 0 Å². The van der Waals surface area contributed by atoms with Crippen LogP contribution in [0.15, 0.2) is 18.3 Å². The summed E-state index contributed by atoms with van der Waals surface area (Å²) in [4.78, 5) is 15.5. The van der Waals surface area contributed by atoms with Crippen molar-refractivity contribution in [3.8, 4) is 0 Å². The lowest BCUT2D eigenvalue weighted by molar-refractivity contribution is 0.0949. The molecule has 0 unspecified atom stereocenters. The first-order valence-electron chi connectivity index (χ1n) is 5.35. The number of rotatable bonds is 6. The number of nitrogen functional groups attached to an aromatic ring is 1. The van der Waals surface area contributed by atoms with Gasteiger partial charge in [-0.15, -0.1) is 0 Å². The number of aliphatic hydroxyl groups is 1. The van der Waals surface area contributed by atoms with Gasteiger partial charge in [-0.05, 0) is 31.4 Å². The van der Waals surface area contributed by atoms with Gasteiger partial charge in [-0.1, -0.05) is 0 Å². The summed E-state index contributed by atoms with van der Waals surface area (Å²) in [5.74, 6) is -0.248. The molecule has 0 saturated heterocycles.